The van der Waals surface area contributed by atoms with Crippen molar-refractivity contribution in [1.82, 2.24) is 9.78 Å². The van der Waals surface area contributed by atoms with E-state index in [4.69, 9.17) is 10.8 Å². The third kappa shape index (κ3) is 3.59. The lowest BCUT2D eigenvalue weighted by Crippen LogP contribution is -2.15. The fraction of sp³-hybridized carbons (Fsp3) is 0.800. The quantitative estimate of drug-likeness (QED) is 0.874. The molecule has 21 heavy (non-hydrogen) atoms. The van der Waals surface area contributed by atoms with Gasteiger partial charge in [-0.3, -0.25) is 0 Å². The Morgan fingerprint density at radius 1 is 1.43 bits per heavy atom. The van der Waals surface area contributed by atoms with Crippen molar-refractivity contribution < 1.29 is 8.42 Å². The van der Waals surface area contributed by atoms with Crippen LogP contribution in [-0.4, -0.2) is 29.7 Å². The van der Waals surface area contributed by atoms with E-state index in [9.17, 15) is 8.42 Å². The summed E-state index contributed by atoms with van der Waals surface area (Å²) in [5.74, 6) is 1.67. The van der Waals surface area contributed by atoms with E-state index in [1.165, 1.54) is 0 Å². The van der Waals surface area contributed by atoms with Crippen LogP contribution in [0.4, 0.5) is 5.82 Å². The highest BCUT2D eigenvalue weighted by Gasteiger charge is 2.32. The van der Waals surface area contributed by atoms with Gasteiger partial charge >= 0.3 is 0 Å². The molecule has 6 heteroatoms. The molecule has 2 unspecified atom stereocenters. The summed E-state index contributed by atoms with van der Waals surface area (Å²) in [6.45, 7) is 6.52. The first-order valence-corrected chi connectivity index (χ1v) is 9.76. The van der Waals surface area contributed by atoms with Crippen LogP contribution >= 0.6 is 0 Å². The number of anilines is 1. The lowest BCUT2D eigenvalue weighted by molar-refractivity contribution is 0.489. The van der Waals surface area contributed by atoms with Gasteiger partial charge in [0.05, 0.1) is 23.2 Å². The van der Waals surface area contributed by atoms with E-state index in [0.717, 1.165) is 36.9 Å². The SMILES string of the molecule is CCCc1c(CC(C)CC)nn(C2CCS(=O)(=O)C2)c1N. The van der Waals surface area contributed by atoms with Crippen molar-refractivity contribution in [3.63, 3.8) is 0 Å². The van der Waals surface area contributed by atoms with Gasteiger partial charge in [0, 0.05) is 5.56 Å². The van der Waals surface area contributed by atoms with Gasteiger partial charge in [-0.05, 0) is 25.2 Å². The van der Waals surface area contributed by atoms with Gasteiger partial charge in [-0.1, -0.05) is 33.6 Å². The molecule has 2 heterocycles. The highest BCUT2D eigenvalue weighted by molar-refractivity contribution is 7.91. The van der Waals surface area contributed by atoms with Crippen molar-refractivity contribution in [2.45, 2.75) is 58.9 Å². The third-order valence-electron chi connectivity index (χ3n) is 4.43. The Labute approximate surface area is 127 Å². The second kappa shape index (κ2) is 6.38. The Hall–Kier alpha value is -1.04. The molecule has 2 atom stereocenters. The molecule has 1 aliphatic rings. The highest BCUT2D eigenvalue weighted by Crippen LogP contribution is 2.30. The summed E-state index contributed by atoms with van der Waals surface area (Å²) in [5.41, 5.74) is 8.47. The van der Waals surface area contributed by atoms with Crippen LogP contribution in [0.5, 0.6) is 0 Å². The number of aromatic nitrogens is 2. The number of nitrogens with two attached hydrogens (primary N) is 1. The monoisotopic (exact) mass is 313 g/mol. The lowest BCUT2D eigenvalue weighted by Gasteiger charge is -2.10. The Morgan fingerprint density at radius 3 is 2.67 bits per heavy atom. The van der Waals surface area contributed by atoms with Crippen molar-refractivity contribution in [1.29, 1.82) is 0 Å². The van der Waals surface area contributed by atoms with Crippen LogP contribution < -0.4 is 5.73 Å². The fourth-order valence-corrected chi connectivity index (χ4v) is 4.63. The van der Waals surface area contributed by atoms with Crippen LogP contribution in [0.3, 0.4) is 0 Å². The number of sulfone groups is 1. The maximum absolute atomic E-state index is 11.7. The van der Waals surface area contributed by atoms with Crippen molar-refractivity contribution in [3.8, 4) is 0 Å². The molecule has 2 rings (SSSR count). The predicted octanol–water partition coefficient (Wildman–Crippen LogP) is 2.37. The first-order chi connectivity index (χ1) is 9.88. The molecule has 0 aliphatic carbocycles. The van der Waals surface area contributed by atoms with Crippen LogP contribution in [-0.2, 0) is 22.7 Å². The summed E-state index contributed by atoms with van der Waals surface area (Å²) in [7, 11) is -2.92. The van der Waals surface area contributed by atoms with Gasteiger partial charge in [-0.15, -0.1) is 0 Å². The molecule has 0 saturated carbocycles. The van der Waals surface area contributed by atoms with Crippen molar-refractivity contribution in [2.75, 3.05) is 17.2 Å². The third-order valence-corrected chi connectivity index (χ3v) is 6.18. The summed E-state index contributed by atoms with van der Waals surface area (Å²) in [5, 5.41) is 4.69. The first kappa shape index (κ1) is 16.3. The van der Waals surface area contributed by atoms with Crippen LogP contribution in [0, 0.1) is 5.92 Å². The minimum atomic E-state index is -2.92. The van der Waals surface area contributed by atoms with Gasteiger partial charge in [0.15, 0.2) is 9.84 Å². The molecule has 1 aromatic heterocycles. The van der Waals surface area contributed by atoms with Crippen LogP contribution in [0.15, 0.2) is 0 Å². The molecule has 0 bridgehead atoms. The summed E-state index contributed by atoms with van der Waals surface area (Å²) < 4.78 is 25.2. The maximum atomic E-state index is 11.7. The van der Waals surface area contributed by atoms with Crippen molar-refractivity contribution in [2.24, 2.45) is 5.92 Å². The van der Waals surface area contributed by atoms with Gasteiger partial charge in [-0.2, -0.15) is 5.10 Å². The maximum Gasteiger partial charge on any atom is 0.152 e. The topological polar surface area (TPSA) is 78.0 Å². The van der Waals surface area contributed by atoms with Crippen LogP contribution in [0.25, 0.3) is 0 Å². The van der Waals surface area contributed by atoms with E-state index >= 15 is 0 Å². The number of rotatable bonds is 6. The molecule has 120 valence electrons. The highest BCUT2D eigenvalue weighted by atomic mass is 32.2. The van der Waals surface area contributed by atoms with Crippen LogP contribution in [0.1, 0.15) is 57.3 Å². The minimum absolute atomic E-state index is 0.0868. The van der Waals surface area contributed by atoms with Gasteiger partial charge in [-0.25, -0.2) is 13.1 Å². The largest absolute Gasteiger partial charge is 0.384 e. The number of nitrogen functional groups attached to an aromatic ring is 1. The van der Waals surface area contributed by atoms with Gasteiger partial charge in [0.25, 0.3) is 0 Å². The summed E-state index contributed by atoms with van der Waals surface area (Å²) in [6.07, 6.45) is 4.59. The summed E-state index contributed by atoms with van der Waals surface area (Å²) in [6, 6.07) is -0.0868. The number of hydrogen-bond acceptors (Lipinski definition) is 4. The second-order valence-electron chi connectivity index (χ2n) is 6.28. The average Bonchev–Trinajstić information content (AvgIpc) is 2.93. The normalized spacial score (nSPS) is 22.5. The smallest absolute Gasteiger partial charge is 0.152 e. The second-order valence-corrected chi connectivity index (χ2v) is 8.51. The van der Waals surface area contributed by atoms with E-state index in [1.54, 1.807) is 4.68 Å². The summed E-state index contributed by atoms with van der Waals surface area (Å²) in [4.78, 5) is 0. The van der Waals surface area contributed by atoms with E-state index < -0.39 is 9.84 Å². The predicted molar refractivity (Wildman–Crippen MR) is 86.1 cm³/mol. The lowest BCUT2D eigenvalue weighted by atomic mass is 9.99. The molecular formula is C15H27N3O2S. The van der Waals surface area contributed by atoms with E-state index in [0.29, 0.717) is 18.2 Å². The van der Waals surface area contributed by atoms with E-state index in [2.05, 4.69) is 20.8 Å². The average molecular weight is 313 g/mol. The Balaban J connectivity index is 2.32. The molecule has 0 amide bonds. The van der Waals surface area contributed by atoms with Crippen molar-refractivity contribution >= 4 is 15.7 Å². The van der Waals surface area contributed by atoms with E-state index in [-0.39, 0.29) is 17.5 Å². The van der Waals surface area contributed by atoms with Gasteiger partial charge in [0.1, 0.15) is 5.82 Å². The van der Waals surface area contributed by atoms with E-state index in [1.807, 2.05) is 0 Å². The molecule has 0 aromatic carbocycles. The zero-order valence-electron chi connectivity index (χ0n) is 13.3. The zero-order valence-corrected chi connectivity index (χ0v) is 14.1. The molecule has 5 nitrogen and oxygen atoms in total. The van der Waals surface area contributed by atoms with Gasteiger partial charge < -0.3 is 5.73 Å². The molecular weight excluding hydrogens is 286 g/mol. The number of nitrogens with zero attached hydrogens (tertiary/aromatic N) is 2. The Bertz CT molecular complexity index is 592. The molecule has 1 aliphatic heterocycles. The molecule has 0 spiro atoms. The fourth-order valence-electron chi connectivity index (χ4n) is 2.94. The Kier molecular flexibility index (Phi) is 4.96. The molecule has 1 aromatic rings. The Morgan fingerprint density at radius 2 is 2.14 bits per heavy atom. The van der Waals surface area contributed by atoms with Crippen molar-refractivity contribution in [3.05, 3.63) is 11.3 Å². The minimum Gasteiger partial charge on any atom is -0.384 e. The number of hydrogen-bond donors (Lipinski definition) is 1. The molecule has 1 fully saturated rings. The summed E-state index contributed by atoms with van der Waals surface area (Å²) >= 11 is 0. The van der Waals surface area contributed by atoms with Gasteiger partial charge in [0.2, 0.25) is 0 Å². The first-order valence-electron chi connectivity index (χ1n) is 7.94. The standard InChI is InChI=1S/C15H27N3O2S/c1-4-6-13-14(9-11(3)5-2)17-18(15(13)16)12-7-8-21(19,20)10-12/h11-12H,4-10,16H2,1-3H3. The molecule has 1 saturated heterocycles. The zero-order chi connectivity index (χ0) is 15.6. The molecule has 2 N–H and O–H groups in total. The van der Waals surface area contributed by atoms with Crippen LogP contribution in [0.2, 0.25) is 0 Å². The molecule has 0 radical (unpaired) electrons.